The minimum absolute atomic E-state index is 0.0104. The summed E-state index contributed by atoms with van der Waals surface area (Å²) in [5.74, 6) is 0.115. The van der Waals surface area contributed by atoms with E-state index < -0.39 is 0 Å². The number of carbonyl (C=O) groups excluding carboxylic acids is 2. The van der Waals surface area contributed by atoms with E-state index in [1.54, 1.807) is 4.90 Å². The molecule has 2 amide bonds. The fourth-order valence-corrected chi connectivity index (χ4v) is 2.51. The van der Waals surface area contributed by atoms with E-state index in [2.05, 4.69) is 5.32 Å². The molecule has 1 aromatic carbocycles. The van der Waals surface area contributed by atoms with Crippen LogP contribution in [0.3, 0.4) is 0 Å². The molecular formula is C16H20N2O3. The monoisotopic (exact) mass is 288 g/mol. The van der Waals surface area contributed by atoms with Gasteiger partial charge in [0.05, 0.1) is 19.7 Å². The van der Waals surface area contributed by atoms with Gasteiger partial charge in [-0.05, 0) is 18.4 Å². The van der Waals surface area contributed by atoms with E-state index >= 15 is 0 Å². The number of nitrogens with one attached hydrogen (secondary N) is 1. The lowest BCUT2D eigenvalue weighted by Crippen LogP contribution is -2.46. The summed E-state index contributed by atoms with van der Waals surface area (Å²) < 4.78 is 5.74. The van der Waals surface area contributed by atoms with E-state index in [4.69, 9.17) is 4.74 Å². The molecule has 1 saturated carbocycles. The summed E-state index contributed by atoms with van der Waals surface area (Å²) in [6.45, 7) is 1.75. The van der Waals surface area contributed by atoms with Crippen molar-refractivity contribution in [2.24, 2.45) is 5.92 Å². The van der Waals surface area contributed by atoms with Crippen LogP contribution in [0.2, 0.25) is 0 Å². The summed E-state index contributed by atoms with van der Waals surface area (Å²) in [6, 6.07) is 9.91. The first kappa shape index (κ1) is 14.1. The molecule has 0 spiro atoms. The molecule has 2 fully saturated rings. The predicted octanol–water partition coefficient (Wildman–Crippen LogP) is 1.11. The molecule has 2 aliphatic rings. The molecule has 0 aromatic heterocycles. The first-order valence-electron chi connectivity index (χ1n) is 7.46. The Morgan fingerprint density at radius 1 is 1.24 bits per heavy atom. The summed E-state index contributed by atoms with van der Waals surface area (Å²) >= 11 is 0. The SMILES string of the molecule is O=C(NCC(=O)N1CCO[C@@H](c2ccccc2)C1)C1CC1. The number of rotatable bonds is 4. The highest BCUT2D eigenvalue weighted by molar-refractivity contribution is 5.87. The third-order valence-electron chi connectivity index (χ3n) is 3.95. The van der Waals surface area contributed by atoms with Crippen LogP contribution in [-0.2, 0) is 14.3 Å². The number of benzene rings is 1. The second-order valence-corrected chi connectivity index (χ2v) is 5.60. The topological polar surface area (TPSA) is 58.6 Å². The Labute approximate surface area is 124 Å². The van der Waals surface area contributed by atoms with Crippen LogP contribution in [-0.4, -0.2) is 43.0 Å². The molecule has 0 radical (unpaired) electrons. The Hall–Kier alpha value is -1.88. The summed E-state index contributed by atoms with van der Waals surface area (Å²) in [5.41, 5.74) is 1.08. The number of hydrogen-bond donors (Lipinski definition) is 1. The Balaban J connectivity index is 1.52. The van der Waals surface area contributed by atoms with E-state index in [0.29, 0.717) is 19.7 Å². The van der Waals surface area contributed by atoms with Crippen LogP contribution in [0.15, 0.2) is 30.3 Å². The molecular weight excluding hydrogens is 268 g/mol. The highest BCUT2D eigenvalue weighted by Crippen LogP contribution is 2.28. The molecule has 1 aliphatic carbocycles. The number of carbonyl (C=O) groups is 2. The predicted molar refractivity (Wildman–Crippen MR) is 77.4 cm³/mol. The van der Waals surface area contributed by atoms with Crippen LogP contribution >= 0.6 is 0 Å². The molecule has 1 aliphatic heterocycles. The van der Waals surface area contributed by atoms with Crippen molar-refractivity contribution in [2.75, 3.05) is 26.2 Å². The van der Waals surface area contributed by atoms with Gasteiger partial charge in [0.15, 0.2) is 0 Å². The van der Waals surface area contributed by atoms with Crippen molar-refractivity contribution < 1.29 is 14.3 Å². The highest BCUT2D eigenvalue weighted by atomic mass is 16.5. The van der Waals surface area contributed by atoms with Gasteiger partial charge in [0, 0.05) is 12.5 Å². The number of nitrogens with zero attached hydrogens (tertiary/aromatic N) is 1. The number of amides is 2. The van der Waals surface area contributed by atoms with Crippen molar-refractivity contribution in [1.29, 1.82) is 0 Å². The fraction of sp³-hybridized carbons (Fsp3) is 0.500. The lowest BCUT2D eigenvalue weighted by molar-refractivity contribution is -0.139. The molecule has 5 nitrogen and oxygen atoms in total. The maximum atomic E-state index is 12.2. The average molecular weight is 288 g/mol. The third-order valence-corrected chi connectivity index (χ3v) is 3.95. The maximum Gasteiger partial charge on any atom is 0.242 e. The van der Waals surface area contributed by atoms with E-state index in [-0.39, 0.29) is 30.4 Å². The Morgan fingerprint density at radius 3 is 2.71 bits per heavy atom. The molecule has 1 saturated heterocycles. The smallest absolute Gasteiger partial charge is 0.242 e. The van der Waals surface area contributed by atoms with Crippen LogP contribution in [0.5, 0.6) is 0 Å². The van der Waals surface area contributed by atoms with Crippen LogP contribution in [0.1, 0.15) is 24.5 Å². The Bertz CT molecular complexity index is 514. The summed E-state index contributed by atoms with van der Waals surface area (Å²) in [5, 5.41) is 2.73. The van der Waals surface area contributed by atoms with Crippen molar-refractivity contribution in [3.8, 4) is 0 Å². The first-order valence-corrected chi connectivity index (χ1v) is 7.46. The van der Waals surface area contributed by atoms with Crippen molar-refractivity contribution in [3.63, 3.8) is 0 Å². The zero-order valence-electron chi connectivity index (χ0n) is 12.0. The van der Waals surface area contributed by atoms with Crippen molar-refractivity contribution in [1.82, 2.24) is 10.2 Å². The van der Waals surface area contributed by atoms with Gasteiger partial charge in [-0.15, -0.1) is 0 Å². The highest BCUT2D eigenvalue weighted by Gasteiger charge is 2.30. The normalized spacial score (nSPS) is 21.9. The van der Waals surface area contributed by atoms with Gasteiger partial charge in [-0.3, -0.25) is 9.59 Å². The summed E-state index contributed by atoms with van der Waals surface area (Å²) in [7, 11) is 0. The number of hydrogen-bond acceptors (Lipinski definition) is 3. The lowest BCUT2D eigenvalue weighted by Gasteiger charge is -2.33. The van der Waals surface area contributed by atoms with Gasteiger partial charge >= 0.3 is 0 Å². The molecule has 0 bridgehead atoms. The van der Waals surface area contributed by atoms with Gasteiger partial charge in [-0.2, -0.15) is 0 Å². The number of ether oxygens (including phenoxy) is 1. The minimum atomic E-state index is -0.0805. The van der Waals surface area contributed by atoms with Gasteiger partial charge in [-0.25, -0.2) is 0 Å². The van der Waals surface area contributed by atoms with E-state index in [1.165, 1.54) is 0 Å². The maximum absolute atomic E-state index is 12.2. The molecule has 21 heavy (non-hydrogen) atoms. The van der Waals surface area contributed by atoms with E-state index in [1.807, 2.05) is 30.3 Å². The second kappa shape index (κ2) is 6.26. The van der Waals surface area contributed by atoms with Crippen LogP contribution < -0.4 is 5.32 Å². The first-order chi connectivity index (χ1) is 10.2. The quantitative estimate of drug-likeness (QED) is 0.903. The minimum Gasteiger partial charge on any atom is -0.370 e. The Morgan fingerprint density at radius 2 is 2.00 bits per heavy atom. The fourth-order valence-electron chi connectivity index (χ4n) is 2.51. The molecule has 1 heterocycles. The van der Waals surface area contributed by atoms with E-state index in [0.717, 1.165) is 18.4 Å². The van der Waals surface area contributed by atoms with Crippen LogP contribution in [0.25, 0.3) is 0 Å². The van der Waals surface area contributed by atoms with E-state index in [9.17, 15) is 9.59 Å². The van der Waals surface area contributed by atoms with Crippen molar-refractivity contribution in [2.45, 2.75) is 18.9 Å². The molecule has 0 unspecified atom stereocenters. The van der Waals surface area contributed by atoms with Crippen molar-refractivity contribution >= 4 is 11.8 Å². The van der Waals surface area contributed by atoms with Gasteiger partial charge in [0.1, 0.15) is 6.10 Å². The zero-order chi connectivity index (χ0) is 14.7. The zero-order valence-corrected chi connectivity index (χ0v) is 12.0. The number of morpholine rings is 1. The molecule has 5 heteroatoms. The van der Waals surface area contributed by atoms with Gasteiger partial charge < -0.3 is 15.0 Å². The molecule has 112 valence electrons. The van der Waals surface area contributed by atoms with Gasteiger partial charge in [0.2, 0.25) is 11.8 Å². The van der Waals surface area contributed by atoms with Crippen molar-refractivity contribution in [3.05, 3.63) is 35.9 Å². The summed E-state index contributed by atoms with van der Waals surface area (Å²) in [6.07, 6.45) is 1.82. The Kier molecular flexibility index (Phi) is 4.20. The standard InChI is InChI=1S/C16H20N2O3/c19-15(10-17-16(20)13-6-7-13)18-8-9-21-14(11-18)12-4-2-1-3-5-12/h1-5,13-14H,6-11H2,(H,17,20)/t14-/m1/s1. The molecule has 1 atom stereocenters. The third kappa shape index (κ3) is 3.61. The van der Waals surface area contributed by atoms with Crippen LogP contribution in [0.4, 0.5) is 0 Å². The molecule has 3 rings (SSSR count). The molecule has 1 N–H and O–H groups in total. The van der Waals surface area contributed by atoms with Crippen LogP contribution in [0, 0.1) is 5.92 Å². The summed E-state index contributed by atoms with van der Waals surface area (Å²) in [4.78, 5) is 25.5. The average Bonchev–Trinajstić information content (AvgIpc) is 3.38. The lowest BCUT2D eigenvalue weighted by atomic mass is 10.1. The second-order valence-electron chi connectivity index (χ2n) is 5.60. The largest absolute Gasteiger partial charge is 0.370 e. The molecule has 1 aromatic rings. The van der Waals surface area contributed by atoms with Gasteiger partial charge in [0.25, 0.3) is 0 Å². The van der Waals surface area contributed by atoms with Gasteiger partial charge in [-0.1, -0.05) is 30.3 Å².